The van der Waals surface area contributed by atoms with Crippen molar-refractivity contribution in [3.63, 3.8) is 0 Å². The molecule has 1 rings (SSSR count). The van der Waals surface area contributed by atoms with Gasteiger partial charge in [-0.15, -0.1) is 0 Å². The van der Waals surface area contributed by atoms with Crippen LogP contribution < -0.4 is 10.6 Å². The van der Waals surface area contributed by atoms with Crippen molar-refractivity contribution < 1.29 is 9.59 Å². The molecule has 0 aliphatic carbocycles. The molecule has 1 aromatic carbocycles. The van der Waals surface area contributed by atoms with E-state index in [1.54, 1.807) is 6.07 Å². The minimum Gasteiger partial charge on any atom is -0.327 e. The van der Waals surface area contributed by atoms with Gasteiger partial charge in [-0.1, -0.05) is 32.9 Å². The van der Waals surface area contributed by atoms with E-state index in [0.29, 0.717) is 24.2 Å². The third kappa shape index (κ3) is 2.59. The Morgan fingerprint density at radius 1 is 1.19 bits per heavy atom. The van der Waals surface area contributed by atoms with Crippen LogP contribution in [0.4, 0.5) is 11.4 Å². The van der Waals surface area contributed by atoms with E-state index in [2.05, 4.69) is 16.7 Å². The highest BCUT2D eigenvalue weighted by Crippen LogP contribution is 2.34. The fraction of sp³-hybridized carbons (Fsp3) is 0.333. The number of nitrogens with one attached hydrogen (secondary N) is 2. The largest absolute Gasteiger partial charge is 0.327 e. The number of anilines is 2. The molecule has 16 heavy (non-hydrogen) atoms. The van der Waals surface area contributed by atoms with Gasteiger partial charge in [-0.05, 0) is 11.0 Å². The van der Waals surface area contributed by atoms with Crippen molar-refractivity contribution in [3.8, 4) is 0 Å². The molecule has 0 fully saturated rings. The molecule has 0 heterocycles. The van der Waals surface area contributed by atoms with E-state index in [9.17, 15) is 9.59 Å². The van der Waals surface area contributed by atoms with Gasteiger partial charge in [0, 0.05) is 6.07 Å². The van der Waals surface area contributed by atoms with Gasteiger partial charge in [-0.3, -0.25) is 9.59 Å². The van der Waals surface area contributed by atoms with Crippen LogP contribution in [0.5, 0.6) is 0 Å². The van der Waals surface area contributed by atoms with Crippen molar-refractivity contribution in [1.82, 2.24) is 0 Å². The molecule has 2 amide bonds. The molecule has 0 unspecified atom stereocenters. The molecule has 0 aromatic heterocycles. The Morgan fingerprint density at radius 3 is 2.31 bits per heavy atom. The van der Waals surface area contributed by atoms with Gasteiger partial charge in [-0.25, -0.2) is 0 Å². The second-order valence-corrected chi connectivity index (χ2v) is 4.42. The van der Waals surface area contributed by atoms with Crippen molar-refractivity contribution in [2.24, 2.45) is 0 Å². The molecule has 0 spiro atoms. The summed E-state index contributed by atoms with van der Waals surface area (Å²) in [5, 5.41) is 5.12. The van der Waals surface area contributed by atoms with Gasteiger partial charge >= 0.3 is 0 Å². The average molecular weight is 219 g/mol. The van der Waals surface area contributed by atoms with Gasteiger partial charge in [0.25, 0.3) is 0 Å². The van der Waals surface area contributed by atoms with Crippen molar-refractivity contribution in [1.29, 1.82) is 0 Å². The summed E-state index contributed by atoms with van der Waals surface area (Å²) in [6.45, 7) is 6.09. The van der Waals surface area contributed by atoms with Crippen molar-refractivity contribution in [3.05, 3.63) is 23.8 Å². The fourth-order valence-corrected chi connectivity index (χ4v) is 1.51. The Bertz CT molecular complexity index is 394. The Morgan fingerprint density at radius 2 is 1.81 bits per heavy atom. The number of rotatable bonds is 4. The zero-order valence-electron chi connectivity index (χ0n) is 9.63. The monoisotopic (exact) mass is 219 g/mol. The molecule has 0 aliphatic heterocycles. The lowest BCUT2D eigenvalue weighted by molar-refractivity contribution is -0.106. The molecule has 0 saturated carbocycles. The Labute approximate surface area is 95.0 Å². The minimum atomic E-state index is -0.125. The maximum atomic E-state index is 10.6. The summed E-state index contributed by atoms with van der Waals surface area (Å²) in [6.07, 6.45) is 1.16. The molecule has 4 nitrogen and oxygen atoms in total. The van der Waals surface area contributed by atoms with Gasteiger partial charge < -0.3 is 10.6 Å². The zero-order chi connectivity index (χ0) is 12.2. The first-order valence-electron chi connectivity index (χ1n) is 4.96. The van der Waals surface area contributed by atoms with Crippen molar-refractivity contribution in [2.45, 2.75) is 26.2 Å². The molecule has 0 aliphatic rings. The highest BCUT2D eigenvalue weighted by atomic mass is 16.1. The van der Waals surface area contributed by atoms with E-state index in [1.807, 2.05) is 26.8 Å². The highest BCUT2D eigenvalue weighted by molar-refractivity contribution is 5.88. The third-order valence-corrected chi connectivity index (χ3v) is 2.21. The van der Waals surface area contributed by atoms with Gasteiger partial charge in [-0.2, -0.15) is 0 Å². The summed E-state index contributed by atoms with van der Waals surface area (Å²) in [7, 11) is 0. The van der Waals surface area contributed by atoms with E-state index in [4.69, 9.17) is 0 Å². The van der Waals surface area contributed by atoms with Crippen molar-refractivity contribution in [2.75, 3.05) is 10.6 Å². The van der Waals surface area contributed by atoms with Crippen molar-refractivity contribution >= 4 is 24.2 Å². The molecule has 0 saturated heterocycles. The first-order valence-corrected chi connectivity index (χ1v) is 4.96. The van der Waals surface area contributed by atoms with Gasteiger partial charge in [0.1, 0.15) is 0 Å². The summed E-state index contributed by atoms with van der Waals surface area (Å²) in [5.41, 5.74) is 1.90. The normalized spacial score (nSPS) is 10.7. The number of carbonyl (C=O) groups excluding carboxylic acids is 2. The number of carbonyl (C=O) groups is 2. The standard InChI is InChI=1S/C12H15N2O2/c1-12(2,3)9-5-4-6-10(13-7-15)11(9)14-8-16/h4-5,7-8H,1-3H3,(H,13,15)(H,14,16). The quantitative estimate of drug-likeness (QED) is 0.760. The SMILES string of the molecule is CC(C)(C)c1cc[c]c(NC=O)c1NC=O. The molecular weight excluding hydrogens is 204 g/mol. The van der Waals surface area contributed by atoms with E-state index < -0.39 is 0 Å². The van der Waals surface area contributed by atoms with Crippen LogP contribution in [0.1, 0.15) is 26.3 Å². The lowest BCUT2D eigenvalue weighted by atomic mass is 9.85. The van der Waals surface area contributed by atoms with E-state index in [0.717, 1.165) is 5.56 Å². The number of benzene rings is 1. The molecule has 2 N–H and O–H groups in total. The molecule has 0 bridgehead atoms. The average Bonchev–Trinajstić information content (AvgIpc) is 2.19. The maximum absolute atomic E-state index is 10.6. The molecule has 1 radical (unpaired) electrons. The number of hydrogen-bond donors (Lipinski definition) is 2. The van der Waals surface area contributed by atoms with Gasteiger partial charge in [0.05, 0.1) is 11.4 Å². The lowest BCUT2D eigenvalue weighted by Crippen LogP contribution is -2.16. The number of amides is 2. The summed E-state index contributed by atoms with van der Waals surface area (Å²) < 4.78 is 0. The first-order chi connectivity index (χ1) is 7.50. The van der Waals surface area contributed by atoms with Crippen LogP contribution in [0.25, 0.3) is 0 Å². The predicted molar refractivity (Wildman–Crippen MR) is 63.4 cm³/mol. The second-order valence-electron chi connectivity index (χ2n) is 4.42. The molecule has 0 atom stereocenters. The van der Waals surface area contributed by atoms with Crippen LogP contribution >= 0.6 is 0 Å². The Balaban J connectivity index is 3.31. The van der Waals surface area contributed by atoms with Gasteiger partial charge in [0.15, 0.2) is 0 Å². The van der Waals surface area contributed by atoms with E-state index in [1.165, 1.54) is 0 Å². The van der Waals surface area contributed by atoms with Crippen LogP contribution in [0, 0.1) is 6.07 Å². The second kappa shape index (κ2) is 4.79. The Hall–Kier alpha value is -1.84. The molecule has 85 valence electrons. The van der Waals surface area contributed by atoms with Crippen LogP contribution in [0.2, 0.25) is 0 Å². The van der Waals surface area contributed by atoms with E-state index in [-0.39, 0.29) is 5.41 Å². The first kappa shape index (κ1) is 12.2. The van der Waals surface area contributed by atoms with Gasteiger partial charge in [0.2, 0.25) is 12.8 Å². The lowest BCUT2D eigenvalue weighted by Gasteiger charge is -2.23. The molecule has 1 aromatic rings. The molecule has 4 heteroatoms. The zero-order valence-corrected chi connectivity index (χ0v) is 9.63. The smallest absolute Gasteiger partial charge is 0.211 e. The Kier molecular flexibility index (Phi) is 3.66. The maximum Gasteiger partial charge on any atom is 0.211 e. The predicted octanol–water partition coefficient (Wildman–Crippen LogP) is 1.92. The highest BCUT2D eigenvalue weighted by Gasteiger charge is 2.19. The fourth-order valence-electron chi connectivity index (χ4n) is 1.51. The van der Waals surface area contributed by atoms with Crippen LogP contribution in [-0.4, -0.2) is 12.8 Å². The topological polar surface area (TPSA) is 58.2 Å². The summed E-state index contributed by atoms with van der Waals surface area (Å²) >= 11 is 0. The summed E-state index contributed by atoms with van der Waals surface area (Å²) in [4.78, 5) is 21.0. The third-order valence-electron chi connectivity index (χ3n) is 2.21. The molecular formula is C12H15N2O2. The van der Waals surface area contributed by atoms with Crippen LogP contribution in [0.15, 0.2) is 12.1 Å². The number of hydrogen-bond acceptors (Lipinski definition) is 2. The summed E-state index contributed by atoms with van der Waals surface area (Å²) in [6, 6.07) is 6.47. The minimum absolute atomic E-state index is 0.125. The van der Waals surface area contributed by atoms with Crippen LogP contribution in [0.3, 0.4) is 0 Å². The summed E-state index contributed by atoms with van der Waals surface area (Å²) in [5.74, 6) is 0. The van der Waals surface area contributed by atoms with Crippen LogP contribution in [-0.2, 0) is 15.0 Å². The van der Waals surface area contributed by atoms with E-state index >= 15 is 0 Å².